The molecule has 0 bridgehead atoms. The number of nitrogens with one attached hydrogen (secondary N) is 1. The van der Waals surface area contributed by atoms with Crippen molar-refractivity contribution in [2.24, 2.45) is 0 Å². The molecule has 0 spiro atoms. The summed E-state index contributed by atoms with van der Waals surface area (Å²) in [6, 6.07) is 15.8. The van der Waals surface area contributed by atoms with Gasteiger partial charge in [0.15, 0.2) is 0 Å². The Morgan fingerprint density at radius 2 is 1.67 bits per heavy atom. The molecule has 0 atom stereocenters. The summed E-state index contributed by atoms with van der Waals surface area (Å²) in [6.45, 7) is -0.800. The minimum Gasteiger partial charge on any atom is -0.495 e. The quantitative estimate of drug-likeness (QED) is 0.486. The van der Waals surface area contributed by atoms with Crippen LogP contribution < -0.4 is 14.4 Å². The predicted molar refractivity (Wildman–Crippen MR) is 119 cm³/mol. The van der Waals surface area contributed by atoms with Crippen LogP contribution >= 0.6 is 11.6 Å². The van der Waals surface area contributed by atoms with E-state index in [4.69, 9.17) is 16.3 Å². The summed E-state index contributed by atoms with van der Waals surface area (Å²) in [6.07, 6.45) is -4.71. The Morgan fingerprint density at radius 3 is 2.27 bits per heavy atom. The number of nitrogens with zero attached hydrogens (tertiary/aromatic N) is 1. The van der Waals surface area contributed by atoms with Crippen LogP contribution in [-0.4, -0.2) is 28.0 Å². The van der Waals surface area contributed by atoms with E-state index in [1.165, 1.54) is 61.7 Å². The Balaban J connectivity index is 1.99. The summed E-state index contributed by atoms with van der Waals surface area (Å²) in [4.78, 5) is 12.6. The van der Waals surface area contributed by atoms with Gasteiger partial charge in [-0.05, 0) is 42.5 Å². The van der Waals surface area contributed by atoms with Crippen molar-refractivity contribution in [3.8, 4) is 5.75 Å². The van der Waals surface area contributed by atoms with Gasteiger partial charge >= 0.3 is 6.18 Å². The predicted octanol–water partition coefficient (Wildman–Crippen LogP) is 5.20. The van der Waals surface area contributed by atoms with Crippen LogP contribution in [0.1, 0.15) is 5.56 Å². The number of anilines is 2. The van der Waals surface area contributed by atoms with E-state index in [0.717, 1.165) is 16.4 Å². The first kappa shape index (κ1) is 24.4. The topological polar surface area (TPSA) is 75.7 Å². The molecule has 3 aromatic rings. The van der Waals surface area contributed by atoms with Crippen LogP contribution in [0.3, 0.4) is 0 Å². The molecule has 0 aliphatic heterocycles. The van der Waals surface area contributed by atoms with Crippen LogP contribution in [-0.2, 0) is 21.0 Å². The highest BCUT2D eigenvalue weighted by atomic mass is 35.5. The number of methoxy groups -OCH3 is 1. The normalized spacial score (nSPS) is 11.7. The zero-order chi connectivity index (χ0) is 24.2. The smallest absolute Gasteiger partial charge is 0.418 e. The molecule has 6 nitrogen and oxygen atoms in total. The number of carbonyl (C=O) groups excluding carboxylic acids is 1. The van der Waals surface area contributed by atoms with E-state index >= 15 is 0 Å². The third-order valence-electron chi connectivity index (χ3n) is 4.55. The maximum Gasteiger partial charge on any atom is 0.418 e. The van der Waals surface area contributed by atoms with Gasteiger partial charge in [-0.2, -0.15) is 13.2 Å². The minimum atomic E-state index is -4.71. The summed E-state index contributed by atoms with van der Waals surface area (Å²) in [5, 5.41) is 2.24. The van der Waals surface area contributed by atoms with E-state index in [9.17, 15) is 26.4 Å². The minimum absolute atomic E-state index is 0.0314. The molecule has 0 aliphatic rings. The first-order chi connectivity index (χ1) is 15.5. The number of ether oxygens (including phenoxy) is 1. The lowest BCUT2D eigenvalue weighted by molar-refractivity contribution is -0.137. The van der Waals surface area contributed by atoms with Gasteiger partial charge < -0.3 is 10.1 Å². The van der Waals surface area contributed by atoms with Gasteiger partial charge in [0.2, 0.25) is 5.91 Å². The van der Waals surface area contributed by atoms with Crippen molar-refractivity contribution in [1.29, 1.82) is 0 Å². The van der Waals surface area contributed by atoms with Gasteiger partial charge in [0, 0.05) is 0 Å². The number of sulfonamides is 1. The molecular weight excluding hydrogens is 481 g/mol. The lowest BCUT2D eigenvalue weighted by Gasteiger charge is -2.25. The number of alkyl halides is 3. The highest BCUT2D eigenvalue weighted by Crippen LogP contribution is 2.35. The number of carbonyl (C=O) groups is 1. The van der Waals surface area contributed by atoms with Gasteiger partial charge in [-0.15, -0.1) is 0 Å². The van der Waals surface area contributed by atoms with Gasteiger partial charge in [0.1, 0.15) is 12.3 Å². The number of hydrogen-bond acceptors (Lipinski definition) is 4. The second-order valence-electron chi connectivity index (χ2n) is 6.74. The maximum absolute atomic E-state index is 13.3. The molecule has 0 aromatic heterocycles. The van der Waals surface area contributed by atoms with Crippen LogP contribution in [0.25, 0.3) is 0 Å². The fraction of sp³-hybridized carbons (Fsp3) is 0.136. The molecule has 3 aromatic carbocycles. The number of para-hydroxylation sites is 1. The maximum atomic E-state index is 13.3. The second kappa shape index (κ2) is 9.72. The molecule has 33 heavy (non-hydrogen) atoms. The van der Waals surface area contributed by atoms with E-state index < -0.39 is 39.9 Å². The Labute approximate surface area is 193 Å². The Kier molecular flexibility index (Phi) is 7.19. The first-order valence-corrected chi connectivity index (χ1v) is 11.2. The third-order valence-corrected chi connectivity index (χ3v) is 6.63. The largest absolute Gasteiger partial charge is 0.495 e. The Morgan fingerprint density at radius 1 is 1.03 bits per heavy atom. The lowest BCUT2D eigenvalue weighted by Crippen LogP contribution is -2.38. The van der Waals surface area contributed by atoms with Crippen LogP contribution in [0.15, 0.2) is 77.7 Å². The van der Waals surface area contributed by atoms with E-state index in [2.05, 4.69) is 5.32 Å². The van der Waals surface area contributed by atoms with E-state index in [1.54, 1.807) is 6.07 Å². The summed E-state index contributed by atoms with van der Waals surface area (Å²) in [5.74, 6) is -0.695. The van der Waals surface area contributed by atoms with Crippen LogP contribution in [0.5, 0.6) is 5.75 Å². The molecule has 1 amide bonds. The molecule has 0 radical (unpaired) electrons. The number of amides is 1. The second-order valence-corrected chi connectivity index (χ2v) is 9.00. The van der Waals surface area contributed by atoms with Gasteiger partial charge in [0.05, 0.1) is 34.0 Å². The van der Waals surface area contributed by atoms with Crippen LogP contribution in [0.2, 0.25) is 5.02 Å². The van der Waals surface area contributed by atoms with Gasteiger partial charge in [-0.3, -0.25) is 9.10 Å². The zero-order valence-electron chi connectivity index (χ0n) is 17.1. The van der Waals surface area contributed by atoms with E-state index in [0.29, 0.717) is 0 Å². The summed E-state index contributed by atoms with van der Waals surface area (Å²) >= 11 is 6.13. The van der Waals surface area contributed by atoms with Crippen molar-refractivity contribution in [3.05, 3.63) is 83.4 Å². The third kappa shape index (κ3) is 5.58. The fourth-order valence-corrected chi connectivity index (χ4v) is 4.69. The molecule has 0 saturated carbocycles. The number of halogens is 4. The number of rotatable bonds is 7. The average molecular weight is 499 g/mol. The van der Waals surface area contributed by atoms with Gasteiger partial charge in [-0.25, -0.2) is 8.42 Å². The standard InChI is InChI=1S/C22H18ClF3N2O4S/c1-32-20-12-11-15(13-18(20)23)28(33(30,31)16-7-3-2-4-8-16)14-21(29)27-19-10-6-5-9-17(19)22(24,25)26/h2-13H,14H2,1H3,(H,27,29). The van der Waals surface area contributed by atoms with Crippen molar-refractivity contribution >= 4 is 38.9 Å². The molecular formula is C22H18ClF3N2O4S. The van der Waals surface area contributed by atoms with Crippen molar-refractivity contribution < 1.29 is 31.1 Å². The molecule has 0 unspecified atom stereocenters. The van der Waals surface area contributed by atoms with Gasteiger partial charge in [-0.1, -0.05) is 41.9 Å². The molecule has 0 fully saturated rings. The summed E-state index contributed by atoms with van der Waals surface area (Å²) < 4.78 is 72.2. The summed E-state index contributed by atoms with van der Waals surface area (Å²) in [5.41, 5.74) is -1.51. The average Bonchev–Trinajstić information content (AvgIpc) is 2.77. The van der Waals surface area contributed by atoms with Crippen molar-refractivity contribution in [2.45, 2.75) is 11.1 Å². The summed E-state index contributed by atoms with van der Waals surface area (Å²) in [7, 11) is -2.89. The molecule has 11 heteroatoms. The molecule has 0 aliphatic carbocycles. The molecule has 0 heterocycles. The SMILES string of the molecule is COc1ccc(N(CC(=O)Nc2ccccc2C(F)(F)F)S(=O)(=O)c2ccccc2)cc1Cl. The monoisotopic (exact) mass is 498 g/mol. The number of hydrogen-bond donors (Lipinski definition) is 1. The Hall–Kier alpha value is -3.24. The highest BCUT2D eigenvalue weighted by molar-refractivity contribution is 7.92. The molecule has 174 valence electrons. The zero-order valence-corrected chi connectivity index (χ0v) is 18.7. The Bertz CT molecular complexity index is 1250. The van der Waals surface area contributed by atoms with E-state index in [-0.39, 0.29) is 21.4 Å². The van der Waals surface area contributed by atoms with Crippen molar-refractivity contribution in [2.75, 3.05) is 23.3 Å². The van der Waals surface area contributed by atoms with Crippen molar-refractivity contribution in [3.63, 3.8) is 0 Å². The molecule has 1 N–H and O–H groups in total. The molecule has 0 saturated heterocycles. The van der Waals surface area contributed by atoms with Gasteiger partial charge in [0.25, 0.3) is 10.0 Å². The van der Waals surface area contributed by atoms with Crippen LogP contribution in [0.4, 0.5) is 24.5 Å². The first-order valence-electron chi connectivity index (χ1n) is 9.41. The molecule has 3 rings (SSSR count). The number of benzene rings is 3. The lowest BCUT2D eigenvalue weighted by atomic mass is 10.1. The van der Waals surface area contributed by atoms with Crippen molar-refractivity contribution in [1.82, 2.24) is 0 Å². The highest BCUT2D eigenvalue weighted by Gasteiger charge is 2.34. The van der Waals surface area contributed by atoms with E-state index in [1.807, 2.05) is 0 Å². The fourth-order valence-electron chi connectivity index (χ4n) is 3.00. The van der Waals surface area contributed by atoms with Crippen LogP contribution in [0, 0.1) is 0 Å².